The Morgan fingerprint density at radius 1 is 1.03 bits per heavy atom. The Hall–Kier alpha value is -4.20. The molecule has 0 bridgehead atoms. The Balaban J connectivity index is 1.40. The van der Waals surface area contributed by atoms with E-state index in [4.69, 9.17) is 0 Å². The van der Waals surface area contributed by atoms with Crippen LogP contribution in [0.2, 0.25) is 0 Å². The summed E-state index contributed by atoms with van der Waals surface area (Å²) in [6, 6.07) is 15.0. The number of benzene rings is 2. The van der Waals surface area contributed by atoms with Crippen LogP contribution in [-0.2, 0) is 4.79 Å². The van der Waals surface area contributed by atoms with E-state index in [-0.39, 0.29) is 17.5 Å². The highest BCUT2D eigenvalue weighted by Gasteiger charge is 2.34. The number of nitrogens with one attached hydrogen (secondary N) is 2. The average molecular weight is 487 g/mol. The molecule has 8 heteroatoms. The summed E-state index contributed by atoms with van der Waals surface area (Å²) in [5.41, 5.74) is 4.70. The number of anilines is 2. The van der Waals surface area contributed by atoms with Crippen molar-refractivity contribution in [3.8, 4) is 11.1 Å². The number of urea groups is 1. The molecule has 36 heavy (non-hydrogen) atoms. The molecule has 4 rings (SSSR count). The van der Waals surface area contributed by atoms with E-state index in [1.165, 1.54) is 11.6 Å². The lowest BCUT2D eigenvalue weighted by Crippen LogP contribution is -2.45. The average Bonchev–Trinajstić information content (AvgIpc) is 3.35. The Kier molecular flexibility index (Phi) is 7.33. The third-order valence-corrected chi connectivity index (χ3v) is 6.42. The van der Waals surface area contributed by atoms with Crippen LogP contribution >= 0.6 is 0 Å². The number of hydrogen-bond acceptors (Lipinski definition) is 4. The van der Waals surface area contributed by atoms with Gasteiger partial charge in [0.2, 0.25) is 5.91 Å². The maximum atomic E-state index is 13.0. The summed E-state index contributed by atoms with van der Waals surface area (Å²) in [7, 11) is 0. The van der Waals surface area contributed by atoms with Crippen molar-refractivity contribution in [2.75, 3.05) is 17.2 Å². The van der Waals surface area contributed by atoms with Gasteiger partial charge in [-0.05, 0) is 78.8 Å². The normalized spacial score (nSPS) is 15.1. The number of amides is 3. The summed E-state index contributed by atoms with van der Waals surface area (Å²) in [6.45, 7) is 6.79. The topological polar surface area (TPSA) is 112 Å². The predicted molar refractivity (Wildman–Crippen MR) is 139 cm³/mol. The van der Waals surface area contributed by atoms with Gasteiger partial charge in [0.25, 0.3) is 0 Å². The first-order valence-corrected chi connectivity index (χ1v) is 12.0. The highest BCUT2D eigenvalue weighted by atomic mass is 16.4. The molecule has 1 atom stereocenters. The molecule has 0 radical (unpaired) electrons. The molecule has 0 spiro atoms. The molecule has 1 aliphatic heterocycles. The summed E-state index contributed by atoms with van der Waals surface area (Å²) in [4.78, 5) is 43.1. The van der Waals surface area contributed by atoms with Gasteiger partial charge in [0, 0.05) is 24.0 Å². The minimum absolute atomic E-state index is 0.190. The molecule has 186 valence electrons. The first-order chi connectivity index (χ1) is 17.2. The van der Waals surface area contributed by atoms with Gasteiger partial charge in [-0.15, -0.1) is 0 Å². The number of carbonyl (C=O) groups excluding carboxylic acids is 2. The van der Waals surface area contributed by atoms with Crippen LogP contribution in [0.25, 0.3) is 11.1 Å². The number of nitrogens with zero attached hydrogens (tertiary/aromatic N) is 2. The summed E-state index contributed by atoms with van der Waals surface area (Å²) < 4.78 is 0. The number of aromatic nitrogens is 1. The second-order valence-corrected chi connectivity index (χ2v) is 9.31. The van der Waals surface area contributed by atoms with Gasteiger partial charge in [0.05, 0.1) is 5.56 Å². The van der Waals surface area contributed by atoms with Crippen LogP contribution in [-0.4, -0.2) is 45.5 Å². The van der Waals surface area contributed by atoms with Crippen LogP contribution in [0.1, 0.15) is 54.1 Å². The van der Waals surface area contributed by atoms with Gasteiger partial charge in [-0.25, -0.2) is 14.6 Å². The second kappa shape index (κ2) is 10.6. The fourth-order valence-corrected chi connectivity index (χ4v) is 4.56. The molecular weight excluding hydrogens is 456 g/mol. The number of aromatic carboxylic acids is 1. The minimum Gasteiger partial charge on any atom is -0.478 e. The van der Waals surface area contributed by atoms with Crippen molar-refractivity contribution in [1.29, 1.82) is 0 Å². The largest absolute Gasteiger partial charge is 0.478 e. The third kappa shape index (κ3) is 5.54. The Bertz CT molecular complexity index is 1290. The Morgan fingerprint density at radius 3 is 2.50 bits per heavy atom. The molecule has 1 aromatic heterocycles. The predicted octanol–water partition coefficient (Wildman–Crippen LogP) is 5.51. The number of rotatable bonds is 6. The van der Waals surface area contributed by atoms with Crippen LogP contribution in [0.3, 0.4) is 0 Å². The van der Waals surface area contributed by atoms with Crippen molar-refractivity contribution in [2.24, 2.45) is 0 Å². The van der Waals surface area contributed by atoms with Gasteiger partial charge in [0.15, 0.2) is 0 Å². The highest BCUT2D eigenvalue weighted by molar-refractivity contribution is 5.99. The molecule has 1 fully saturated rings. The van der Waals surface area contributed by atoms with E-state index >= 15 is 0 Å². The van der Waals surface area contributed by atoms with E-state index in [9.17, 15) is 19.5 Å². The smallest absolute Gasteiger partial charge is 0.335 e. The highest BCUT2D eigenvalue weighted by Crippen LogP contribution is 2.25. The summed E-state index contributed by atoms with van der Waals surface area (Å²) in [5, 5.41) is 14.9. The van der Waals surface area contributed by atoms with Crippen LogP contribution < -0.4 is 10.6 Å². The summed E-state index contributed by atoms with van der Waals surface area (Å²) >= 11 is 0. The monoisotopic (exact) mass is 486 g/mol. The fraction of sp³-hybridized carbons (Fsp3) is 0.286. The van der Waals surface area contributed by atoms with Crippen LogP contribution in [0.5, 0.6) is 0 Å². The Labute approximate surface area is 210 Å². The molecule has 2 heterocycles. The van der Waals surface area contributed by atoms with Gasteiger partial charge in [-0.3, -0.25) is 4.79 Å². The number of carbonyl (C=O) groups is 3. The minimum atomic E-state index is -0.999. The SMILES string of the molecule is Cc1cc(NC(=O)N2CCC[C@@H]2C(=O)Nc2ccc(-c3cccc(C(=O)O)c3)cn2)ccc1C(C)C. The lowest BCUT2D eigenvalue weighted by molar-refractivity contribution is -0.119. The van der Waals surface area contributed by atoms with Crippen molar-refractivity contribution in [3.63, 3.8) is 0 Å². The molecule has 2 aromatic carbocycles. The maximum Gasteiger partial charge on any atom is 0.335 e. The van der Waals surface area contributed by atoms with Crippen LogP contribution in [0.4, 0.5) is 16.3 Å². The first-order valence-electron chi connectivity index (χ1n) is 12.0. The number of likely N-dealkylation sites (tertiary alicyclic amines) is 1. The molecule has 0 aliphatic carbocycles. The van der Waals surface area contributed by atoms with Gasteiger partial charge in [0.1, 0.15) is 11.9 Å². The van der Waals surface area contributed by atoms with Gasteiger partial charge in [-0.1, -0.05) is 32.0 Å². The molecule has 3 amide bonds. The number of pyridine rings is 1. The van der Waals surface area contributed by atoms with Crippen LogP contribution in [0.15, 0.2) is 60.8 Å². The first kappa shape index (κ1) is 24.9. The molecular formula is C28H30N4O4. The van der Waals surface area contributed by atoms with E-state index in [0.29, 0.717) is 30.4 Å². The fourth-order valence-electron chi connectivity index (χ4n) is 4.56. The van der Waals surface area contributed by atoms with Crippen molar-refractivity contribution in [3.05, 3.63) is 77.5 Å². The third-order valence-electron chi connectivity index (χ3n) is 6.42. The lowest BCUT2D eigenvalue weighted by Gasteiger charge is -2.24. The maximum absolute atomic E-state index is 13.0. The van der Waals surface area contributed by atoms with Crippen molar-refractivity contribution >= 4 is 29.4 Å². The second-order valence-electron chi connectivity index (χ2n) is 9.31. The lowest BCUT2D eigenvalue weighted by atomic mass is 9.98. The van der Waals surface area contributed by atoms with Gasteiger partial charge < -0.3 is 20.6 Å². The standard InChI is InChI=1S/C28H30N4O4/c1-17(2)23-11-10-22(14-18(23)3)30-28(36)32-13-5-8-24(32)26(33)31-25-12-9-21(16-29-25)19-6-4-7-20(15-19)27(34)35/h4,6-7,9-12,14-17,24H,5,8,13H2,1-3H3,(H,30,36)(H,34,35)(H,29,31,33)/t24-/m1/s1. The zero-order chi connectivity index (χ0) is 25.8. The quantitative estimate of drug-likeness (QED) is 0.425. The van der Waals surface area contributed by atoms with Crippen molar-refractivity contribution in [1.82, 2.24) is 9.88 Å². The number of carboxylic acids is 1. The van der Waals surface area contributed by atoms with Crippen molar-refractivity contribution < 1.29 is 19.5 Å². The van der Waals surface area contributed by atoms with Crippen LogP contribution in [0, 0.1) is 6.92 Å². The summed E-state index contributed by atoms with van der Waals surface area (Å²) in [6.07, 6.45) is 2.90. The number of carboxylic acid groups (broad SMARTS) is 1. The number of aryl methyl sites for hydroxylation is 1. The molecule has 8 nitrogen and oxygen atoms in total. The van der Waals surface area contributed by atoms with Gasteiger partial charge >= 0.3 is 12.0 Å². The van der Waals surface area contributed by atoms with Crippen molar-refractivity contribution in [2.45, 2.75) is 45.6 Å². The molecule has 3 N–H and O–H groups in total. The van der Waals surface area contributed by atoms with E-state index < -0.39 is 12.0 Å². The molecule has 1 aliphatic rings. The summed E-state index contributed by atoms with van der Waals surface area (Å²) in [5.74, 6) is -0.520. The molecule has 0 saturated carbocycles. The zero-order valence-electron chi connectivity index (χ0n) is 20.6. The van der Waals surface area contributed by atoms with E-state index in [2.05, 4.69) is 29.5 Å². The molecule has 1 saturated heterocycles. The molecule has 3 aromatic rings. The van der Waals surface area contributed by atoms with E-state index in [0.717, 1.165) is 23.1 Å². The number of hydrogen-bond donors (Lipinski definition) is 3. The Morgan fingerprint density at radius 2 is 1.83 bits per heavy atom. The van der Waals surface area contributed by atoms with Gasteiger partial charge in [-0.2, -0.15) is 0 Å². The van der Waals surface area contributed by atoms with E-state index in [1.807, 2.05) is 25.1 Å². The van der Waals surface area contributed by atoms with E-state index in [1.54, 1.807) is 41.4 Å². The zero-order valence-corrected chi connectivity index (χ0v) is 20.6. The molecule has 0 unspecified atom stereocenters.